The smallest absolute Gasteiger partial charge is 0.286 e. The number of nitrogens with two attached hydrogens (primary N) is 1. The molecule has 1 heterocycles. The summed E-state index contributed by atoms with van der Waals surface area (Å²) in [5.41, 5.74) is 5.03. The van der Waals surface area contributed by atoms with E-state index in [9.17, 15) is 4.79 Å². The number of hydrogen-bond acceptors (Lipinski definition) is 3. The van der Waals surface area contributed by atoms with Crippen LogP contribution in [0.1, 0.15) is 30.5 Å². The molecule has 60 valence electrons. The summed E-state index contributed by atoms with van der Waals surface area (Å²) in [6, 6.07) is 0.111. The maximum atomic E-state index is 10.7. The molecule has 2 N–H and O–H groups in total. The van der Waals surface area contributed by atoms with Crippen LogP contribution in [0.2, 0.25) is 0 Å². The number of amides is 1. The lowest BCUT2D eigenvalue weighted by Gasteiger charge is -2.05. The van der Waals surface area contributed by atoms with Gasteiger partial charge in [0.05, 0.1) is 0 Å². The molecule has 0 aliphatic rings. The molecule has 0 fully saturated rings. The van der Waals surface area contributed by atoms with Gasteiger partial charge in [-0.05, 0) is 13.8 Å². The fourth-order valence-electron chi connectivity index (χ4n) is 0.804. The Morgan fingerprint density at radius 1 is 1.73 bits per heavy atom. The van der Waals surface area contributed by atoms with E-state index in [4.69, 9.17) is 5.73 Å². The summed E-state index contributed by atoms with van der Waals surface area (Å²) in [7, 11) is 0. The van der Waals surface area contributed by atoms with Gasteiger partial charge in [-0.25, -0.2) is 9.67 Å². The van der Waals surface area contributed by atoms with Gasteiger partial charge in [-0.1, -0.05) is 0 Å². The molecule has 5 nitrogen and oxygen atoms in total. The number of rotatable bonds is 2. The van der Waals surface area contributed by atoms with Crippen LogP contribution < -0.4 is 5.73 Å². The Morgan fingerprint density at radius 3 is 2.73 bits per heavy atom. The van der Waals surface area contributed by atoms with Crippen LogP contribution in [0.3, 0.4) is 0 Å². The van der Waals surface area contributed by atoms with Gasteiger partial charge < -0.3 is 5.73 Å². The van der Waals surface area contributed by atoms with E-state index >= 15 is 0 Å². The van der Waals surface area contributed by atoms with Crippen LogP contribution in [0.15, 0.2) is 6.33 Å². The van der Waals surface area contributed by atoms with E-state index in [1.54, 1.807) is 0 Å². The lowest BCUT2D eigenvalue weighted by atomic mass is 10.4. The van der Waals surface area contributed by atoms with Crippen molar-refractivity contribution in [3.8, 4) is 0 Å². The number of primary amides is 1. The molecule has 0 spiro atoms. The zero-order chi connectivity index (χ0) is 8.43. The first-order valence-electron chi connectivity index (χ1n) is 3.32. The minimum Gasteiger partial charge on any atom is -0.363 e. The van der Waals surface area contributed by atoms with E-state index in [0.29, 0.717) is 0 Å². The quantitative estimate of drug-likeness (QED) is 0.649. The van der Waals surface area contributed by atoms with Crippen LogP contribution >= 0.6 is 0 Å². The van der Waals surface area contributed by atoms with Gasteiger partial charge in [0, 0.05) is 6.04 Å². The van der Waals surface area contributed by atoms with Crippen molar-refractivity contribution in [3.05, 3.63) is 12.2 Å². The molecule has 0 unspecified atom stereocenters. The van der Waals surface area contributed by atoms with Crippen molar-refractivity contribution in [1.82, 2.24) is 14.8 Å². The molecule has 0 saturated carbocycles. The number of carbonyl (C=O) groups excluding carboxylic acids is 1. The van der Waals surface area contributed by atoms with Crippen molar-refractivity contribution in [3.63, 3.8) is 0 Å². The summed E-state index contributed by atoms with van der Waals surface area (Å²) in [6.07, 6.45) is 1.32. The zero-order valence-electron chi connectivity index (χ0n) is 6.48. The first kappa shape index (κ1) is 7.71. The van der Waals surface area contributed by atoms with Gasteiger partial charge in [-0.2, -0.15) is 5.10 Å². The molecule has 1 rings (SSSR count). The molecule has 1 amide bonds. The third-order valence-corrected chi connectivity index (χ3v) is 1.28. The highest BCUT2D eigenvalue weighted by atomic mass is 16.1. The fraction of sp³-hybridized carbons (Fsp3) is 0.500. The van der Waals surface area contributed by atoms with Gasteiger partial charge in [0.25, 0.3) is 5.91 Å². The molecule has 11 heavy (non-hydrogen) atoms. The molecule has 0 radical (unpaired) electrons. The number of hydrogen-bond donors (Lipinski definition) is 1. The second-order valence-corrected chi connectivity index (χ2v) is 2.49. The highest BCUT2D eigenvalue weighted by Crippen LogP contribution is 2.03. The fourth-order valence-corrected chi connectivity index (χ4v) is 0.804. The molecule has 0 aromatic carbocycles. The highest BCUT2D eigenvalue weighted by Gasteiger charge is 2.11. The van der Waals surface area contributed by atoms with Crippen LogP contribution in [-0.4, -0.2) is 20.7 Å². The first-order chi connectivity index (χ1) is 5.13. The number of aromatic nitrogens is 3. The molecule has 1 aromatic heterocycles. The molecule has 0 atom stereocenters. The lowest BCUT2D eigenvalue weighted by molar-refractivity contribution is 0.0983. The monoisotopic (exact) mass is 154 g/mol. The SMILES string of the molecule is CC(C)n1ncnc1C(N)=O. The molecular formula is C6H10N4O. The van der Waals surface area contributed by atoms with Gasteiger partial charge in [-0.15, -0.1) is 0 Å². The number of carbonyl (C=O) groups is 1. The summed E-state index contributed by atoms with van der Waals surface area (Å²) < 4.78 is 1.49. The summed E-state index contributed by atoms with van der Waals surface area (Å²) in [6.45, 7) is 3.81. The third kappa shape index (κ3) is 1.36. The van der Waals surface area contributed by atoms with E-state index in [1.165, 1.54) is 11.0 Å². The molecular weight excluding hydrogens is 144 g/mol. The Bertz CT molecular complexity index is 265. The second kappa shape index (κ2) is 2.69. The highest BCUT2D eigenvalue weighted by molar-refractivity contribution is 5.88. The van der Waals surface area contributed by atoms with Crippen molar-refractivity contribution in [2.75, 3.05) is 0 Å². The van der Waals surface area contributed by atoms with E-state index in [0.717, 1.165) is 0 Å². The van der Waals surface area contributed by atoms with Crippen LogP contribution in [0.5, 0.6) is 0 Å². The molecule has 5 heteroatoms. The minimum absolute atomic E-state index is 0.111. The van der Waals surface area contributed by atoms with Gasteiger partial charge in [0.15, 0.2) is 0 Å². The topological polar surface area (TPSA) is 73.8 Å². The molecule has 0 saturated heterocycles. The Labute approximate surface area is 64.2 Å². The van der Waals surface area contributed by atoms with Crippen LogP contribution in [-0.2, 0) is 0 Å². The second-order valence-electron chi connectivity index (χ2n) is 2.49. The molecule has 0 aliphatic carbocycles. The van der Waals surface area contributed by atoms with Crippen molar-refractivity contribution in [2.24, 2.45) is 5.73 Å². The summed E-state index contributed by atoms with van der Waals surface area (Å²) >= 11 is 0. The van der Waals surface area contributed by atoms with Crippen molar-refractivity contribution >= 4 is 5.91 Å². The third-order valence-electron chi connectivity index (χ3n) is 1.28. The normalized spacial score (nSPS) is 10.5. The maximum Gasteiger partial charge on any atom is 0.286 e. The zero-order valence-corrected chi connectivity index (χ0v) is 6.48. The first-order valence-corrected chi connectivity index (χ1v) is 3.32. The Kier molecular flexibility index (Phi) is 1.89. The van der Waals surface area contributed by atoms with Crippen LogP contribution in [0.4, 0.5) is 0 Å². The molecule has 0 bridgehead atoms. The van der Waals surface area contributed by atoms with Crippen molar-refractivity contribution in [2.45, 2.75) is 19.9 Å². The van der Waals surface area contributed by atoms with Gasteiger partial charge >= 0.3 is 0 Å². The van der Waals surface area contributed by atoms with E-state index < -0.39 is 5.91 Å². The van der Waals surface area contributed by atoms with Gasteiger partial charge in [0.1, 0.15) is 6.33 Å². The Morgan fingerprint density at radius 2 is 2.36 bits per heavy atom. The number of nitrogens with zero attached hydrogens (tertiary/aromatic N) is 3. The van der Waals surface area contributed by atoms with E-state index in [2.05, 4.69) is 10.1 Å². The van der Waals surface area contributed by atoms with E-state index in [-0.39, 0.29) is 11.9 Å². The predicted octanol–water partition coefficient (Wildman–Crippen LogP) is -0.0421. The van der Waals surface area contributed by atoms with Gasteiger partial charge in [-0.3, -0.25) is 4.79 Å². The molecule has 0 aliphatic heterocycles. The Hall–Kier alpha value is -1.39. The summed E-state index contributed by atoms with van der Waals surface area (Å²) in [5.74, 6) is -0.337. The van der Waals surface area contributed by atoms with Crippen LogP contribution in [0.25, 0.3) is 0 Å². The maximum absolute atomic E-state index is 10.7. The lowest BCUT2D eigenvalue weighted by Crippen LogP contribution is -2.19. The predicted molar refractivity (Wildman–Crippen MR) is 38.9 cm³/mol. The van der Waals surface area contributed by atoms with Crippen LogP contribution in [0, 0.1) is 0 Å². The summed E-state index contributed by atoms with van der Waals surface area (Å²) in [4.78, 5) is 14.4. The average Bonchev–Trinajstić information content (AvgIpc) is 2.32. The van der Waals surface area contributed by atoms with E-state index in [1.807, 2.05) is 13.8 Å². The average molecular weight is 154 g/mol. The molecule has 1 aromatic rings. The Balaban J connectivity index is 3.06. The van der Waals surface area contributed by atoms with Crippen molar-refractivity contribution in [1.29, 1.82) is 0 Å². The van der Waals surface area contributed by atoms with Gasteiger partial charge in [0.2, 0.25) is 5.82 Å². The minimum atomic E-state index is -0.545. The van der Waals surface area contributed by atoms with Crippen molar-refractivity contribution < 1.29 is 4.79 Å². The standard InChI is InChI=1S/C6H10N4O/c1-4(2)10-6(5(7)11)8-3-9-10/h3-4H,1-2H3,(H2,7,11). The summed E-state index contributed by atoms with van der Waals surface area (Å²) in [5, 5.41) is 3.84. The largest absolute Gasteiger partial charge is 0.363 e.